The molecule has 2 aliphatic heterocycles. The van der Waals surface area contributed by atoms with Gasteiger partial charge in [-0.1, -0.05) is 26.0 Å². The van der Waals surface area contributed by atoms with Gasteiger partial charge in [0, 0.05) is 22.1 Å². The van der Waals surface area contributed by atoms with Crippen molar-refractivity contribution >= 4 is 17.1 Å². The third-order valence-corrected chi connectivity index (χ3v) is 10.9. The maximum absolute atomic E-state index is 13.7. The van der Waals surface area contributed by atoms with Crippen LogP contribution >= 0.6 is 11.3 Å². The minimum absolute atomic E-state index is 0.0277. The molecule has 5 nitrogen and oxygen atoms in total. The van der Waals surface area contributed by atoms with Gasteiger partial charge in [-0.15, -0.1) is 11.3 Å². The summed E-state index contributed by atoms with van der Waals surface area (Å²) in [7, 11) is 0. The van der Waals surface area contributed by atoms with Crippen molar-refractivity contribution in [2.75, 3.05) is 6.61 Å². The lowest BCUT2D eigenvalue weighted by molar-refractivity contribution is -0.448. The summed E-state index contributed by atoms with van der Waals surface area (Å²) in [5.74, 6) is -1.75. The molecule has 4 saturated carbocycles. The number of Topliss-reactive ketones (excluding diaryl/α,β-unsaturated/α-hetero) is 1. The van der Waals surface area contributed by atoms with Crippen molar-refractivity contribution in [3.63, 3.8) is 0 Å². The van der Waals surface area contributed by atoms with E-state index in [0.717, 1.165) is 35.5 Å². The Balaban J connectivity index is 1.54. The molecule has 154 valence electrons. The molecule has 3 heterocycles. The highest BCUT2D eigenvalue weighted by Crippen LogP contribution is 2.83. The van der Waals surface area contributed by atoms with E-state index in [1.807, 2.05) is 6.92 Å². The molecule has 2 saturated heterocycles. The maximum atomic E-state index is 13.7. The first-order chi connectivity index (χ1) is 13.6. The molecule has 29 heavy (non-hydrogen) atoms. The Hall–Kier alpha value is -1.08. The van der Waals surface area contributed by atoms with Gasteiger partial charge in [0.15, 0.2) is 5.78 Å². The predicted molar refractivity (Wildman–Crippen MR) is 106 cm³/mol. The SMILES string of the molecule is C=C1C2CCC3[C@@]45CO[C@](O)([C@@H](O)C4C(C)(C)Cc4sc(C)nc45)[C@]34C(=O)C1[C@H]24. The van der Waals surface area contributed by atoms with Crippen LogP contribution in [0.2, 0.25) is 0 Å². The summed E-state index contributed by atoms with van der Waals surface area (Å²) in [6, 6.07) is 0. The molecule has 2 bridgehead atoms. The monoisotopic (exact) mass is 413 g/mol. The first-order valence-corrected chi connectivity index (χ1v) is 11.7. The number of rotatable bonds is 0. The lowest BCUT2D eigenvalue weighted by atomic mass is 9.23. The van der Waals surface area contributed by atoms with Crippen LogP contribution in [0.1, 0.15) is 42.3 Å². The zero-order chi connectivity index (χ0) is 20.3. The third-order valence-electron chi connectivity index (χ3n) is 9.92. The summed E-state index contributed by atoms with van der Waals surface area (Å²) >= 11 is 1.74. The second-order valence-corrected chi connectivity index (χ2v) is 12.5. The van der Waals surface area contributed by atoms with Crippen LogP contribution < -0.4 is 0 Å². The fraction of sp³-hybridized carbons (Fsp3) is 0.739. The Morgan fingerprint density at radius 2 is 2.07 bits per heavy atom. The molecule has 2 spiro atoms. The molecule has 0 amide bonds. The highest BCUT2D eigenvalue weighted by molar-refractivity contribution is 7.11. The standard InChI is InChI=1S/C23H27NO4S/c1-9-11-5-6-13-21-8-28-23(27,22(13)15(11)14(9)18(22)25)19(26)16(21)20(3,4)7-12-17(21)24-10(2)29-12/h11,13-16,19,26-27H,1,5-8H2,2-4H3/t11?,13?,14?,15-,16?,19-,21-,22+,23+/m0/s1. The second kappa shape index (κ2) is 4.57. The third kappa shape index (κ3) is 1.41. The number of aliphatic hydroxyl groups is 2. The minimum Gasteiger partial charge on any atom is -0.387 e. The van der Waals surface area contributed by atoms with Crippen LogP contribution in [0.4, 0.5) is 0 Å². The molecule has 2 N–H and O–H groups in total. The maximum Gasteiger partial charge on any atom is 0.205 e. The fourth-order valence-electron chi connectivity index (χ4n) is 9.29. The number of aromatic nitrogens is 1. The van der Waals surface area contributed by atoms with Crippen molar-refractivity contribution in [2.45, 2.75) is 57.3 Å². The largest absolute Gasteiger partial charge is 0.387 e. The summed E-state index contributed by atoms with van der Waals surface area (Å²) in [6.07, 6.45) is 1.63. The molecular weight excluding hydrogens is 386 g/mol. The van der Waals surface area contributed by atoms with Crippen LogP contribution in [0.25, 0.3) is 0 Å². The average molecular weight is 414 g/mol. The number of hydrogen-bond donors (Lipinski definition) is 2. The quantitative estimate of drug-likeness (QED) is 0.639. The number of carbonyl (C=O) groups is 1. The number of thiazole rings is 1. The topological polar surface area (TPSA) is 79.7 Å². The Bertz CT molecular complexity index is 1030. The summed E-state index contributed by atoms with van der Waals surface area (Å²) in [5.41, 5.74) is 0.359. The number of nitrogens with zero attached hydrogens (tertiary/aromatic N) is 1. The zero-order valence-corrected chi connectivity index (χ0v) is 17.9. The summed E-state index contributed by atoms with van der Waals surface area (Å²) < 4.78 is 6.18. The van der Waals surface area contributed by atoms with Gasteiger partial charge in [0.05, 0.1) is 22.7 Å². The van der Waals surface area contributed by atoms with Crippen molar-refractivity contribution in [1.29, 1.82) is 0 Å². The van der Waals surface area contributed by atoms with E-state index in [1.165, 1.54) is 4.88 Å². The predicted octanol–water partition coefficient (Wildman–Crippen LogP) is 2.38. The first kappa shape index (κ1) is 17.6. The number of carbonyl (C=O) groups excluding carboxylic acids is 1. The fourth-order valence-corrected chi connectivity index (χ4v) is 10.6. The number of ether oxygens (including phenoxy) is 1. The smallest absolute Gasteiger partial charge is 0.205 e. The summed E-state index contributed by atoms with van der Waals surface area (Å²) in [4.78, 5) is 19.9. The molecule has 0 aromatic carbocycles. The van der Waals surface area contributed by atoms with Gasteiger partial charge in [-0.05, 0) is 49.4 Å². The number of fused-ring (bicyclic) bond motifs is 2. The van der Waals surface area contributed by atoms with Gasteiger partial charge in [0.25, 0.3) is 0 Å². The second-order valence-electron chi connectivity index (χ2n) is 11.2. The molecule has 0 radical (unpaired) electrons. The van der Waals surface area contributed by atoms with Crippen molar-refractivity contribution in [3.8, 4) is 0 Å². The van der Waals surface area contributed by atoms with Crippen LogP contribution in [-0.2, 0) is 21.4 Å². The van der Waals surface area contributed by atoms with Crippen molar-refractivity contribution in [2.24, 2.45) is 40.4 Å². The normalized spacial score (nSPS) is 55.2. The Morgan fingerprint density at radius 1 is 1.31 bits per heavy atom. The van der Waals surface area contributed by atoms with Crippen LogP contribution in [-0.4, -0.2) is 39.5 Å². The molecule has 4 unspecified atom stereocenters. The molecule has 1 aromatic heterocycles. The van der Waals surface area contributed by atoms with E-state index in [0.29, 0.717) is 6.61 Å². The summed E-state index contributed by atoms with van der Waals surface area (Å²) in [5, 5.41) is 24.6. The zero-order valence-electron chi connectivity index (χ0n) is 17.1. The Labute approximate surface area is 174 Å². The Morgan fingerprint density at radius 3 is 2.83 bits per heavy atom. The van der Waals surface area contributed by atoms with E-state index in [4.69, 9.17) is 9.72 Å². The Kier molecular flexibility index (Phi) is 2.77. The van der Waals surface area contributed by atoms with Gasteiger partial charge in [-0.25, -0.2) is 4.98 Å². The minimum atomic E-state index is -1.79. The van der Waals surface area contributed by atoms with Crippen LogP contribution in [0.5, 0.6) is 0 Å². The van der Waals surface area contributed by atoms with Gasteiger partial charge >= 0.3 is 0 Å². The number of aliphatic hydroxyl groups excluding tert-OH is 1. The highest BCUT2D eigenvalue weighted by atomic mass is 32.1. The van der Waals surface area contributed by atoms with Gasteiger partial charge in [-0.2, -0.15) is 0 Å². The van der Waals surface area contributed by atoms with Crippen LogP contribution in [0.3, 0.4) is 0 Å². The first-order valence-electron chi connectivity index (χ1n) is 10.9. The number of allylic oxidation sites excluding steroid dienone is 1. The van der Waals surface area contributed by atoms with Gasteiger partial charge in [0.1, 0.15) is 6.10 Å². The molecular formula is C23H27NO4S. The number of hydrogen-bond acceptors (Lipinski definition) is 6. The lowest BCUT2D eigenvalue weighted by Gasteiger charge is -2.82. The van der Waals surface area contributed by atoms with Crippen molar-refractivity contribution in [3.05, 3.63) is 27.7 Å². The van der Waals surface area contributed by atoms with Crippen LogP contribution in [0, 0.1) is 47.3 Å². The number of ketones is 1. The number of aryl methyl sites for hydroxylation is 1. The van der Waals surface area contributed by atoms with Crippen molar-refractivity contribution < 1.29 is 19.7 Å². The van der Waals surface area contributed by atoms with E-state index in [2.05, 4.69) is 20.4 Å². The molecule has 8 rings (SSSR count). The van der Waals surface area contributed by atoms with E-state index >= 15 is 0 Å². The molecule has 9 atom stereocenters. The summed E-state index contributed by atoms with van der Waals surface area (Å²) in [6.45, 7) is 10.9. The van der Waals surface area contributed by atoms with Gasteiger partial charge in [-0.3, -0.25) is 4.79 Å². The van der Waals surface area contributed by atoms with E-state index in [1.54, 1.807) is 11.3 Å². The van der Waals surface area contributed by atoms with E-state index < -0.39 is 22.7 Å². The van der Waals surface area contributed by atoms with Gasteiger partial charge in [0.2, 0.25) is 5.79 Å². The average Bonchev–Trinajstić information content (AvgIpc) is 3.00. The van der Waals surface area contributed by atoms with E-state index in [-0.39, 0.29) is 40.8 Å². The van der Waals surface area contributed by atoms with Gasteiger partial charge < -0.3 is 14.9 Å². The van der Waals surface area contributed by atoms with E-state index in [9.17, 15) is 15.0 Å². The molecule has 1 aromatic rings. The van der Waals surface area contributed by atoms with Crippen molar-refractivity contribution in [1.82, 2.24) is 4.98 Å². The molecule has 5 aliphatic carbocycles. The molecule has 6 fully saturated rings. The molecule has 6 heteroatoms. The highest BCUT2D eigenvalue weighted by Gasteiger charge is 2.91. The molecule has 7 aliphatic rings. The lowest BCUT2D eigenvalue weighted by Crippen LogP contribution is -2.92. The van der Waals surface area contributed by atoms with Crippen LogP contribution in [0.15, 0.2) is 12.2 Å².